The Labute approximate surface area is 120 Å². The van der Waals surface area contributed by atoms with E-state index in [1.165, 1.54) is 6.26 Å². The molecule has 2 unspecified atom stereocenters. The van der Waals surface area contributed by atoms with Gasteiger partial charge in [-0.15, -0.1) is 0 Å². The molecule has 0 aromatic carbocycles. The van der Waals surface area contributed by atoms with Crippen LogP contribution in [0.1, 0.15) is 26.2 Å². The van der Waals surface area contributed by atoms with Crippen LogP contribution in [0.25, 0.3) is 0 Å². The van der Waals surface area contributed by atoms with Crippen molar-refractivity contribution in [2.75, 3.05) is 31.8 Å². The van der Waals surface area contributed by atoms with Gasteiger partial charge in [-0.2, -0.15) is 0 Å². The summed E-state index contributed by atoms with van der Waals surface area (Å²) in [7, 11) is -3.07. The third-order valence-corrected chi connectivity index (χ3v) is 4.75. The first-order valence-corrected chi connectivity index (χ1v) is 9.23. The van der Waals surface area contributed by atoms with Crippen LogP contribution in [0.2, 0.25) is 0 Å². The van der Waals surface area contributed by atoms with Gasteiger partial charge in [0.05, 0.1) is 19.0 Å². The maximum atomic E-state index is 12.5. The molecule has 2 rings (SSSR count). The van der Waals surface area contributed by atoms with E-state index in [1.54, 1.807) is 4.90 Å². The maximum Gasteiger partial charge on any atom is 0.224 e. The van der Waals surface area contributed by atoms with Gasteiger partial charge in [0.2, 0.25) is 5.91 Å². The summed E-state index contributed by atoms with van der Waals surface area (Å²) in [5.41, 5.74) is 0. The summed E-state index contributed by atoms with van der Waals surface area (Å²) >= 11 is 0. The van der Waals surface area contributed by atoms with E-state index >= 15 is 0 Å². The molecule has 0 bridgehead atoms. The Kier molecular flexibility index (Phi) is 5.04. The summed E-state index contributed by atoms with van der Waals surface area (Å²) in [4.78, 5) is 14.2. The molecule has 1 saturated heterocycles. The average molecular weight is 304 g/mol. The number of nitrogens with zero attached hydrogens (tertiary/aromatic N) is 1. The van der Waals surface area contributed by atoms with E-state index < -0.39 is 9.84 Å². The zero-order valence-electron chi connectivity index (χ0n) is 12.2. The van der Waals surface area contributed by atoms with Crippen molar-refractivity contribution < 1.29 is 17.9 Å². The Morgan fingerprint density at radius 2 is 2.15 bits per heavy atom. The molecule has 2 aliphatic rings. The number of carbonyl (C=O) groups excluding carboxylic acids is 1. The highest BCUT2D eigenvalue weighted by atomic mass is 32.2. The summed E-state index contributed by atoms with van der Waals surface area (Å²) in [6.45, 7) is 3.81. The molecule has 7 heteroatoms. The highest BCUT2D eigenvalue weighted by molar-refractivity contribution is 7.90. The number of morpholine rings is 1. The van der Waals surface area contributed by atoms with E-state index in [9.17, 15) is 13.2 Å². The summed E-state index contributed by atoms with van der Waals surface area (Å²) < 4.78 is 28.2. The van der Waals surface area contributed by atoms with Gasteiger partial charge in [-0.3, -0.25) is 4.79 Å². The molecule has 1 amide bonds. The van der Waals surface area contributed by atoms with Gasteiger partial charge < -0.3 is 15.0 Å². The normalized spacial score (nSPS) is 25.2. The molecular formula is C13H24N2O4S. The quantitative estimate of drug-likeness (QED) is 0.735. The highest BCUT2D eigenvalue weighted by Crippen LogP contribution is 2.30. The van der Waals surface area contributed by atoms with E-state index in [2.05, 4.69) is 5.32 Å². The fourth-order valence-corrected chi connectivity index (χ4v) is 3.78. The first kappa shape index (κ1) is 15.7. The third kappa shape index (κ3) is 4.71. The summed E-state index contributed by atoms with van der Waals surface area (Å²) in [6, 6.07) is 0.0150. The number of nitrogens with one attached hydrogen (secondary N) is 1. The molecule has 116 valence electrons. The van der Waals surface area contributed by atoms with Crippen molar-refractivity contribution in [3.63, 3.8) is 0 Å². The molecule has 1 aliphatic carbocycles. The van der Waals surface area contributed by atoms with Crippen molar-refractivity contribution in [2.45, 2.75) is 44.3 Å². The number of rotatable bonds is 6. The van der Waals surface area contributed by atoms with E-state index in [4.69, 9.17) is 4.74 Å². The largest absolute Gasteiger partial charge is 0.378 e. The molecule has 0 aromatic heterocycles. The predicted molar refractivity (Wildman–Crippen MR) is 76.3 cm³/mol. The molecule has 1 N–H and O–H groups in total. The lowest BCUT2D eigenvalue weighted by atomic mass is 10.1. The minimum Gasteiger partial charge on any atom is -0.378 e. The summed E-state index contributed by atoms with van der Waals surface area (Å²) in [6.07, 6.45) is 3.56. The van der Waals surface area contributed by atoms with Gasteiger partial charge >= 0.3 is 0 Å². The lowest BCUT2D eigenvalue weighted by molar-refractivity contribution is -0.134. The minimum absolute atomic E-state index is 0.0316. The van der Waals surface area contributed by atoms with Crippen LogP contribution in [0.4, 0.5) is 0 Å². The Bertz CT molecular complexity index is 441. The molecule has 1 heterocycles. The Balaban J connectivity index is 1.95. The smallest absolute Gasteiger partial charge is 0.224 e. The van der Waals surface area contributed by atoms with Gasteiger partial charge in [-0.25, -0.2) is 8.42 Å². The zero-order chi connectivity index (χ0) is 14.8. The van der Waals surface area contributed by atoms with Crippen LogP contribution in [0.5, 0.6) is 0 Å². The lowest BCUT2D eigenvalue weighted by Crippen LogP contribution is -2.49. The first-order valence-electron chi connectivity index (χ1n) is 7.17. The van der Waals surface area contributed by atoms with E-state index in [1.807, 2.05) is 6.92 Å². The van der Waals surface area contributed by atoms with Gasteiger partial charge in [0.1, 0.15) is 9.84 Å². The number of hydrogen-bond donors (Lipinski definition) is 1. The van der Waals surface area contributed by atoms with Crippen LogP contribution in [-0.2, 0) is 19.4 Å². The van der Waals surface area contributed by atoms with Crippen molar-refractivity contribution in [1.82, 2.24) is 10.2 Å². The minimum atomic E-state index is -3.07. The van der Waals surface area contributed by atoms with Crippen LogP contribution in [0.3, 0.4) is 0 Å². The topological polar surface area (TPSA) is 75.7 Å². The van der Waals surface area contributed by atoms with Gasteiger partial charge in [0.15, 0.2) is 0 Å². The summed E-state index contributed by atoms with van der Waals surface area (Å²) in [5.74, 6) is 0.0655. The molecule has 0 radical (unpaired) electrons. The number of hydrogen-bond acceptors (Lipinski definition) is 5. The third-order valence-electron chi connectivity index (χ3n) is 3.67. The van der Waals surface area contributed by atoms with E-state index in [-0.39, 0.29) is 29.8 Å². The molecule has 2 atom stereocenters. The van der Waals surface area contributed by atoms with Crippen LogP contribution in [-0.4, -0.2) is 69.1 Å². The molecule has 20 heavy (non-hydrogen) atoms. The van der Waals surface area contributed by atoms with Crippen LogP contribution < -0.4 is 5.32 Å². The van der Waals surface area contributed by atoms with E-state index in [0.717, 1.165) is 19.4 Å². The van der Waals surface area contributed by atoms with Gasteiger partial charge in [0, 0.05) is 37.3 Å². The standard InChI is InChI=1S/C13H24N2O4S/c1-10(9-20(2,17)18)15(12-3-4-12)13(16)7-11-8-19-6-5-14-11/h10-12,14H,3-9H2,1-2H3. The first-order chi connectivity index (χ1) is 9.37. The number of carbonyl (C=O) groups is 1. The van der Waals surface area contributed by atoms with Crippen LogP contribution in [0, 0.1) is 0 Å². The second-order valence-corrected chi connectivity index (χ2v) is 8.09. The van der Waals surface area contributed by atoms with E-state index in [0.29, 0.717) is 19.6 Å². The Hall–Kier alpha value is -0.660. The Morgan fingerprint density at radius 3 is 2.65 bits per heavy atom. The second kappa shape index (κ2) is 6.41. The Morgan fingerprint density at radius 1 is 1.45 bits per heavy atom. The predicted octanol–water partition coefficient (Wildman–Crippen LogP) is -0.211. The van der Waals surface area contributed by atoms with Crippen molar-refractivity contribution in [1.29, 1.82) is 0 Å². The number of sulfone groups is 1. The molecular weight excluding hydrogens is 280 g/mol. The fraction of sp³-hybridized carbons (Fsp3) is 0.923. The molecule has 1 aliphatic heterocycles. The van der Waals surface area contributed by atoms with Crippen LogP contribution in [0.15, 0.2) is 0 Å². The van der Waals surface area contributed by atoms with Gasteiger partial charge in [-0.05, 0) is 19.8 Å². The monoisotopic (exact) mass is 304 g/mol. The van der Waals surface area contributed by atoms with Gasteiger partial charge in [0.25, 0.3) is 0 Å². The van der Waals surface area contributed by atoms with Crippen molar-refractivity contribution in [3.05, 3.63) is 0 Å². The molecule has 6 nitrogen and oxygen atoms in total. The number of amides is 1. The van der Waals surface area contributed by atoms with Gasteiger partial charge in [-0.1, -0.05) is 0 Å². The molecule has 0 aromatic rings. The number of ether oxygens (including phenoxy) is 1. The van der Waals surface area contributed by atoms with Crippen molar-refractivity contribution in [3.8, 4) is 0 Å². The second-order valence-electron chi connectivity index (χ2n) is 5.90. The zero-order valence-corrected chi connectivity index (χ0v) is 13.0. The average Bonchev–Trinajstić information content (AvgIpc) is 3.12. The van der Waals surface area contributed by atoms with Crippen LogP contribution >= 0.6 is 0 Å². The lowest BCUT2D eigenvalue weighted by Gasteiger charge is -2.31. The molecule has 1 saturated carbocycles. The van der Waals surface area contributed by atoms with Crippen molar-refractivity contribution in [2.24, 2.45) is 0 Å². The summed E-state index contributed by atoms with van der Waals surface area (Å²) in [5, 5.41) is 3.26. The molecule has 2 fully saturated rings. The van der Waals surface area contributed by atoms with Crippen molar-refractivity contribution >= 4 is 15.7 Å². The SMILES string of the molecule is CC(CS(C)(=O)=O)N(C(=O)CC1COCCN1)C1CC1. The highest BCUT2D eigenvalue weighted by Gasteiger charge is 2.37. The molecule has 0 spiro atoms. The fourth-order valence-electron chi connectivity index (χ4n) is 2.75. The maximum absolute atomic E-state index is 12.5.